The van der Waals surface area contributed by atoms with Gasteiger partial charge < -0.3 is 18.6 Å². The Morgan fingerprint density at radius 1 is 0.820 bits per heavy atom. The highest BCUT2D eigenvalue weighted by Crippen LogP contribution is 2.38. The SMILES string of the molecule is COc1ccc(CSC(CCc2cccc(O[Si](C)(C)C(C)(C)C)c2)C(Cc2ccc(NC(=O)OC(C)(C)C)nc2)C(=O)OC(C)(C)C)cc1. The van der Waals surface area contributed by atoms with Crippen molar-refractivity contribution in [2.45, 2.75) is 122 Å². The van der Waals surface area contributed by atoms with Gasteiger partial charge in [-0.15, -0.1) is 0 Å². The maximum atomic E-state index is 14.0. The minimum Gasteiger partial charge on any atom is -0.543 e. The Labute approximate surface area is 305 Å². The minimum absolute atomic E-state index is 0.0727. The van der Waals surface area contributed by atoms with Crippen LogP contribution in [0.25, 0.3) is 0 Å². The quantitative estimate of drug-likeness (QED) is 0.130. The Balaban J connectivity index is 1.90. The van der Waals surface area contributed by atoms with Gasteiger partial charge in [-0.3, -0.25) is 10.1 Å². The number of methoxy groups -OCH3 is 1. The molecule has 1 amide bonds. The third-order valence-electron chi connectivity index (χ3n) is 8.49. The maximum absolute atomic E-state index is 14.0. The van der Waals surface area contributed by atoms with E-state index >= 15 is 0 Å². The number of nitrogens with zero attached hydrogens (tertiary/aromatic N) is 1. The standard InChI is InChI=1S/C40H58N2O6SSi/c1-38(2,3)46-36(43)33(25-30-19-23-35(41-26-30)42-37(44)47-39(4,5)6)34(49-27-29-16-20-31(45-10)21-17-29)22-18-28-14-13-15-32(24-28)48-50(11,12)40(7,8)9/h13-17,19-21,23-24,26,33-34H,18,22,25,27H2,1-12H3,(H,41,42,44). The average molecular weight is 723 g/mol. The summed E-state index contributed by atoms with van der Waals surface area (Å²) >= 11 is 1.76. The van der Waals surface area contributed by atoms with E-state index in [1.54, 1.807) is 31.1 Å². The molecule has 3 aromatic rings. The van der Waals surface area contributed by atoms with Crippen LogP contribution in [0, 0.1) is 5.92 Å². The van der Waals surface area contributed by atoms with Gasteiger partial charge in [0, 0.05) is 17.2 Å². The number of thioether (sulfide) groups is 1. The van der Waals surface area contributed by atoms with Crippen molar-refractivity contribution in [1.29, 1.82) is 0 Å². The molecule has 0 aliphatic heterocycles. The number of anilines is 1. The minimum atomic E-state index is -2.00. The lowest BCUT2D eigenvalue weighted by Gasteiger charge is -2.36. The highest BCUT2D eigenvalue weighted by molar-refractivity contribution is 7.99. The van der Waals surface area contributed by atoms with Crippen LogP contribution in [0.4, 0.5) is 10.6 Å². The number of aromatic nitrogens is 1. The Morgan fingerprint density at radius 3 is 2.02 bits per heavy atom. The zero-order valence-corrected chi connectivity index (χ0v) is 34.0. The molecule has 8 nitrogen and oxygen atoms in total. The smallest absolute Gasteiger partial charge is 0.413 e. The number of aryl methyl sites for hydroxylation is 1. The molecule has 0 saturated heterocycles. The lowest BCUT2D eigenvalue weighted by molar-refractivity contribution is -0.160. The molecular weight excluding hydrogens is 665 g/mol. The van der Waals surface area contributed by atoms with E-state index in [-0.39, 0.29) is 16.3 Å². The van der Waals surface area contributed by atoms with Crippen molar-refractivity contribution in [3.8, 4) is 11.5 Å². The lowest BCUT2D eigenvalue weighted by atomic mass is 9.92. The summed E-state index contributed by atoms with van der Waals surface area (Å²) in [5.74, 6) is 2.11. The number of amides is 1. The summed E-state index contributed by atoms with van der Waals surface area (Å²) in [7, 11) is -0.345. The molecule has 2 unspecified atom stereocenters. The predicted molar refractivity (Wildman–Crippen MR) is 208 cm³/mol. The molecule has 1 heterocycles. The lowest BCUT2D eigenvalue weighted by Crippen LogP contribution is -2.43. The largest absolute Gasteiger partial charge is 0.543 e. The number of hydrogen-bond donors (Lipinski definition) is 1. The maximum Gasteiger partial charge on any atom is 0.413 e. The number of esters is 1. The molecule has 0 aliphatic rings. The molecule has 10 heteroatoms. The monoisotopic (exact) mass is 722 g/mol. The molecule has 0 fully saturated rings. The van der Waals surface area contributed by atoms with Crippen LogP contribution in [0.1, 0.15) is 85.4 Å². The number of carbonyl (C=O) groups excluding carboxylic acids is 2. The van der Waals surface area contributed by atoms with Gasteiger partial charge in [0.1, 0.15) is 28.5 Å². The van der Waals surface area contributed by atoms with Gasteiger partial charge in [-0.05, 0) is 126 Å². The molecule has 1 N–H and O–H groups in total. The van der Waals surface area contributed by atoms with Gasteiger partial charge in [0.25, 0.3) is 0 Å². The Kier molecular flexibility index (Phi) is 14.0. The molecule has 2 aromatic carbocycles. The second-order valence-corrected chi connectivity index (χ2v) is 22.2. The van der Waals surface area contributed by atoms with E-state index in [1.165, 1.54) is 5.56 Å². The van der Waals surface area contributed by atoms with Crippen LogP contribution in [0.5, 0.6) is 11.5 Å². The summed E-state index contributed by atoms with van der Waals surface area (Å²) in [5.41, 5.74) is 1.92. The van der Waals surface area contributed by atoms with Crippen LogP contribution < -0.4 is 14.5 Å². The first-order valence-corrected chi connectivity index (χ1v) is 21.3. The average Bonchev–Trinajstić information content (AvgIpc) is 2.99. The first-order valence-electron chi connectivity index (χ1n) is 17.3. The van der Waals surface area contributed by atoms with E-state index in [0.29, 0.717) is 12.2 Å². The zero-order valence-electron chi connectivity index (χ0n) is 32.1. The van der Waals surface area contributed by atoms with Crippen LogP contribution >= 0.6 is 11.8 Å². The van der Waals surface area contributed by atoms with Gasteiger partial charge >= 0.3 is 12.1 Å². The Bertz CT molecular complexity index is 1540. The van der Waals surface area contributed by atoms with E-state index in [1.807, 2.05) is 65.8 Å². The van der Waals surface area contributed by atoms with Crippen molar-refractivity contribution in [3.63, 3.8) is 0 Å². The van der Waals surface area contributed by atoms with Gasteiger partial charge in [-0.1, -0.05) is 51.1 Å². The van der Waals surface area contributed by atoms with Gasteiger partial charge in [0.05, 0.1) is 13.0 Å². The molecule has 50 heavy (non-hydrogen) atoms. The fourth-order valence-corrected chi connectivity index (χ4v) is 7.22. The number of carbonyl (C=O) groups is 2. The van der Waals surface area contributed by atoms with Gasteiger partial charge in [-0.2, -0.15) is 11.8 Å². The molecule has 0 saturated carbocycles. The van der Waals surface area contributed by atoms with Crippen molar-refractivity contribution in [2.75, 3.05) is 12.4 Å². The van der Waals surface area contributed by atoms with Crippen molar-refractivity contribution < 1.29 is 28.2 Å². The van der Waals surface area contributed by atoms with E-state index < -0.39 is 31.5 Å². The second kappa shape index (κ2) is 17.1. The molecule has 3 rings (SSSR count). The van der Waals surface area contributed by atoms with E-state index in [0.717, 1.165) is 41.2 Å². The first-order chi connectivity index (χ1) is 23.1. The number of ether oxygens (including phenoxy) is 3. The summed E-state index contributed by atoms with van der Waals surface area (Å²) in [5, 5.41) is 2.70. The summed E-state index contributed by atoms with van der Waals surface area (Å²) in [6.45, 7) is 22.4. The summed E-state index contributed by atoms with van der Waals surface area (Å²) in [6.07, 6.45) is 3.09. The van der Waals surface area contributed by atoms with E-state index in [4.69, 9.17) is 18.6 Å². The number of rotatable bonds is 14. The molecule has 274 valence electrons. The Hall–Kier alpha value is -3.50. The van der Waals surface area contributed by atoms with Crippen molar-refractivity contribution >= 4 is 38.0 Å². The second-order valence-electron chi connectivity index (χ2n) is 16.3. The number of pyridine rings is 1. The predicted octanol–water partition coefficient (Wildman–Crippen LogP) is 10.3. The van der Waals surface area contributed by atoms with E-state index in [2.05, 4.69) is 74.5 Å². The molecule has 2 atom stereocenters. The fraction of sp³-hybridized carbons (Fsp3) is 0.525. The fourth-order valence-electron chi connectivity index (χ4n) is 4.87. The molecule has 0 bridgehead atoms. The van der Waals surface area contributed by atoms with Gasteiger partial charge in [-0.25, -0.2) is 9.78 Å². The highest BCUT2D eigenvalue weighted by Gasteiger charge is 2.39. The molecule has 0 aliphatic carbocycles. The van der Waals surface area contributed by atoms with Crippen molar-refractivity contribution in [2.24, 2.45) is 5.92 Å². The van der Waals surface area contributed by atoms with Crippen LogP contribution in [0.3, 0.4) is 0 Å². The summed E-state index contributed by atoms with van der Waals surface area (Å²) in [4.78, 5) is 30.8. The number of benzene rings is 2. The summed E-state index contributed by atoms with van der Waals surface area (Å²) in [6, 6.07) is 20.1. The Morgan fingerprint density at radius 2 is 1.46 bits per heavy atom. The molecule has 1 aromatic heterocycles. The van der Waals surface area contributed by atoms with Crippen LogP contribution in [-0.4, -0.2) is 48.9 Å². The topological polar surface area (TPSA) is 96.0 Å². The van der Waals surface area contributed by atoms with Crippen molar-refractivity contribution in [1.82, 2.24) is 4.98 Å². The zero-order chi connectivity index (χ0) is 37.3. The first kappa shape index (κ1) is 40.9. The summed E-state index contributed by atoms with van der Waals surface area (Å²) < 4.78 is 23.4. The third kappa shape index (κ3) is 13.7. The number of nitrogens with one attached hydrogen (secondary N) is 1. The third-order valence-corrected chi connectivity index (χ3v) is 14.3. The number of hydrogen-bond acceptors (Lipinski definition) is 8. The normalized spacial score (nSPS) is 13.6. The van der Waals surface area contributed by atoms with Crippen LogP contribution in [0.15, 0.2) is 66.9 Å². The molecule has 0 radical (unpaired) electrons. The molecule has 0 spiro atoms. The molecular formula is C40H58N2O6SSi. The van der Waals surface area contributed by atoms with Gasteiger partial charge in [0.2, 0.25) is 8.32 Å². The van der Waals surface area contributed by atoms with Crippen LogP contribution in [-0.2, 0) is 32.9 Å². The van der Waals surface area contributed by atoms with E-state index in [9.17, 15) is 9.59 Å². The highest BCUT2D eigenvalue weighted by atomic mass is 32.2. The van der Waals surface area contributed by atoms with Crippen LogP contribution in [0.2, 0.25) is 18.1 Å². The van der Waals surface area contributed by atoms with Gasteiger partial charge in [0.15, 0.2) is 0 Å². The van der Waals surface area contributed by atoms with Crippen molar-refractivity contribution in [3.05, 3.63) is 83.6 Å².